The molecule has 3 nitrogen and oxygen atoms in total. The molecule has 1 aromatic carbocycles. The number of anilines is 1. The zero-order chi connectivity index (χ0) is 15.2. The van der Waals surface area contributed by atoms with E-state index in [1.165, 1.54) is 23.3 Å². The highest BCUT2D eigenvalue weighted by molar-refractivity contribution is 6.23. The van der Waals surface area contributed by atoms with Gasteiger partial charge in [-0.15, -0.1) is 0 Å². The number of rotatable bonds is 1. The summed E-state index contributed by atoms with van der Waals surface area (Å²) < 4.78 is 0. The summed E-state index contributed by atoms with van der Waals surface area (Å²) in [5.41, 5.74) is 3.32. The van der Waals surface area contributed by atoms with Gasteiger partial charge in [-0.2, -0.15) is 0 Å². The standard InChI is InChI=1S/C19H19NO2/c1-10-3-4-12(9-11(10)2)20-17(21)15-13-5-6-14(16(15)18(20)22)19(13)7-8-19/h3-6,9,13-16H,7-8H2,1-2H3/t13-,14-,15-,16+/m0/s1. The summed E-state index contributed by atoms with van der Waals surface area (Å²) in [6.45, 7) is 4.07. The van der Waals surface area contributed by atoms with Crippen LogP contribution in [0.4, 0.5) is 5.69 Å². The molecule has 112 valence electrons. The second kappa shape index (κ2) is 3.70. The molecule has 0 radical (unpaired) electrons. The Balaban J connectivity index is 1.57. The van der Waals surface area contributed by atoms with E-state index in [1.807, 2.05) is 32.0 Å². The molecule has 0 aromatic heterocycles. The number of aryl methyl sites for hydroxylation is 2. The van der Waals surface area contributed by atoms with E-state index in [1.54, 1.807) is 0 Å². The Morgan fingerprint density at radius 2 is 1.55 bits per heavy atom. The first kappa shape index (κ1) is 12.6. The van der Waals surface area contributed by atoms with Gasteiger partial charge in [-0.05, 0) is 67.2 Å². The molecular formula is C19H19NO2. The van der Waals surface area contributed by atoms with Crippen LogP contribution < -0.4 is 4.90 Å². The molecule has 4 atom stereocenters. The van der Waals surface area contributed by atoms with Gasteiger partial charge >= 0.3 is 0 Å². The van der Waals surface area contributed by atoms with Crippen molar-refractivity contribution in [3.63, 3.8) is 0 Å². The first-order chi connectivity index (χ1) is 10.5. The Morgan fingerprint density at radius 3 is 2.05 bits per heavy atom. The van der Waals surface area contributed by atoms with Crippen molar-refractivity contribution in [1.29, 1.82) is 0 Å². The Labute approximate surface area is 130 Å². The largest absolute Gasteiger partial charge is 0.274 e. The van der Waals surface area contributed by atoms with Crippen molar-refractivity contribution >= 4 is 17.5 Å². The van der Waals surface area contributed by atoms with Gasteiger partial charge in [0.15, 0.2) is 0 Å². The van der Waals surface area contributed by atoms with E-state index in [-0.39, 0.29) is 29.1 Å². The second-order valence-corrected chi connectivity index (χ2v) is 7.50. The summed E-state index contributed by atoms with van der Waals surface area (Å²) in [6, 6.07) is 5.87. The van der Waals surface area contributed by atoms with Crippen molar-refractivity contribution in [3.05, 3.63) is 41.5 Å². The van der Waals surface area contributed by atoms with Crippen LogP contribution in [0.5, 0.6) is 0 Å². The van der Waals surface area contributed by atoms with Crippen LogP contribution in [-0.4, -0.2) is 11.8 Å². The van der Waals surface area contributed by atoms with E-state index < -0.39 is 0 Å². The zero-order valence-corrected chi connectivity index (χ0v) is 12.9. The van der Waals surface area contributed by atoms with Crippen LogP contribution in [0.2, 0.25) is 0 Å². The Morgan fingerprint density at radius 1 is 0.955 bits per heavy atom. The van der Waals surface area contributed by atoms with Crippen LogP contribution >= 0.6 is 0 Å². The number of fused-ring (bicyclic) bond motifs is 3. The van der Waals surface area contributed by atoms with Gasteiger partial charge in [0.05, 0.1) is 17.5 Å². The number of hydrogen-bond donors (Lipinski definition) is 0. The van der Waals surface area contributed by atoms with E-state index in [0.717, 1.165) is 11.3 Å². The summed E-state index contributed by atoms with van der Waals surface area (Å²) in [6.07, 6.45) is 6.81. The number of allylic oxidation sites excluding steroid dienone is 2. The van der Waals surface area contributed by atoms with Crippen LogP contribution in [-0.2, 0) is 9.59 Å². The average molecular weight is 293 g/mol. The number of amides is 2. The molecule has 3 heteroatoms. The van der Waals surface area contributed by atoms with Crippen LogP contribution in [0.25, 0.3) is 0 Å². The molecule has 1 aromatic rings. The Kier molecular flexibility index (Phi) is 2.13. The fourth-order valence-corrected chi connectivity index (χ4v) is 5.20. The maximum Gasteiger partial charge on any atom is 0.238 e. The number of benzene rings is 1. The van der Waals surface area contributed by atoms with E-state index >= 15 is 0 Å². The topological polar surface area (TPSA) is 37.4 Å². The molecule has 3 aliphatic carbocycles. The molecule has 0 unspecified atom stereocenters. The molecule has 0 N–H and O–H groups in total. The fraction of sp³-hybridized carbons (Fsp3) is 0.474. The maximum absolute atomic E-state index is 13.0. The maximum atomic E-state index is 13.0. The summed E-state index contributed by atoms with van der Waals surface area (Å²) in [4.78, 5) is 27.4. The monoisotopic (exact) mass is 293 g/mol. The minimum Gasteiger partial charge on any atom is -0.274 e. The Hall–Kier alpha value is -1.90. The quantitative estimate of drug-likeness (QED) is 0.589. The number of imide groups is 1. The van der Waals surface area contributed by atoms with Crippen molar-refractivity contribution < 1.29 is 9.59 Å². The fourth-order valence-electron chi connectivity index (χ4n) is 5.20. The smallest absolute Gasteiger partial charge is 0.238 e. The van der Waals surface area contributed by atoms with E-state index in [4.69, 9.17) is 0 Å². The number of carbonyl (C=O) groups excluding carboxylic acids is 2. The lowest BCUT2D eigenvalue weighted by atomic mass is 9.85. The second-order valence-electron chi connectivity index (χ2n) is 7.50. The number of nitrogens with zero attached hydrogens (tertiary/aromatic N) is 1. The van der Waals surface area contributed by atoms with Crippen molar-refractivity contribution in [2.24, 2.45) is 29.1 Å². The van der Waals surface area contributed by atoms with Crippen molar-refractivity contribution in [3.8, 4) is 0 Å². The molecule has 1 aliphatic heterocycles. The van der Waals surface area contributed by atoms with E-state index in [0.29, 0.717) is 11.8 Å². The highest BCUT2D eigenvalue weighted by Gasteiger charge is 2.73. The van der Waals surface area contributed by atoms with E-state index in [9.17, 15) is 9.59 Å². The van der Waals surface area contributed by atoms with Crippen molar-refractivity contribution in [2.45, 2.75) is 26.7 Å². The zero-order valence-electron chi connectivity index (χ0n) is 12.9. The lowest BCUT2D eigenvalue weighted by Gasteiger charge is -2.22. The highest BCUT2D eigenvalue weighted by atomic mass is 16.2. The molecule has 1 heterocycles. The molecule has 2 bridgehead atoms. The van der Waals surface area contributed by atoms with E-state index in [2.05, 4.69) is 12.2 Å². The molecule has 22 heavy (non-hydrogen) atoms. The SMILES string of the molecule is Cc1ccc(N2C(=O)[C@@H]3[C@H](C2=O)[C@@H]2C=C[C@@H]3C23CC3)cc1C. The molecule has 1 spiro atoms. The van der Waals surface area contributed by atoms with Gasteiger partial charge in [-0.3, -0.25) is 14.5 Å². The minimum absolute atomic E-state index is 0.0291. The third-order valence-electron chi connectivity index (χ3n) is 6.60. The average Bonchev–Trinajstić information content (AvgIpc) is 3.08. The third-order valence-corrected chi connectivity index (χ3v) is 6.60. The van der Waals surface area contributed by atoms with Gasteiger partial charge in [0.2, 0.25) is 11.8 Å². The van der Waals surface area contributed by atoms with Gasteiger partial charge in [0.1, 0.15) is 0 Å². The third kappa shape index (κ3) is 1.25. The summed E-state index contributed by atoms with van der Waals surface area (Å²) >= 11 is 0. The molecule has 1 saturated heterocycles. The van der Waals surface area contributed by atoms with Gasteiger partial charge in [0.25, 0.3) is 0 Å². The van der Waals surface area contributed by atoms with Crippen molar-refractivity contribution in [1.82, 2.24) is 0 Å². The first-order valence-electron chi connectivity index (χ1n) is 8.18. The molecular weight excluding hydrogens is 274 g/mol. The van der Waals surface area contributed by atoms with Gasteiger partial charge < -0.3 is 0 Å². The number of hydrogen-bond acceptors (Lipinski definition) is 2. The molecule has 5 rings (SSSR count). The summed E-state index contributed by atoms with van der Waals surface area (Å²) in [7, 11) is 0. The lowest BCUT2D eigenvalue weighted by molar-refractivity contribution is -0.123. The lowest BCUT2D eigenvalue weighted by Crippen LogP contribution is -2.34. The van der Waals surface area contributed by atoms with Crippen LogP contribution in [0.15, 0.2) is 30.4 Å². The first-order valence-corrected chi connectivity index (χ1v) is 8.18. The number of carbonyl (C=O) groups is 2. The predicted molar refractivity (Wildman–Crippen MR) is 83.2 cm³/mol. The predicted octanol–water partition coefficient (Wildman–Crippen LogP) is 3.01. The summed E-state index contributed by atoms with van der Waals surface area (Å²) in [5.74, 6) is 0.451. The molecule has 2 amide bonds. The molecule has 2 saturated carbocycles. The van der Waals surface area contributed by atoms with Crippen molar-refractivity contribution in [2.75, 3.05) is 4.90 Å². The normalized spacial score (nSPS) is 36.5. The minimum atomic E-state index is -0.105. The molecule has 3 fully saturated rings. The highest BCUT2D eigenvalue weighted by Crippen LogP contribution is 2.73. The summed E-state index contributed by atoms with van der Waals surface area (Å²) in [5, 5.41) is 0. The van der Waals surface area contributed by atoms with Crippen LogP contribution in [0.3, 0.4) is 0 Å². The van der Waals surface area contributed by atoms with Gasteiger partial charge in [0, 0.05) is 0 Å². The van der Waals surface area contributed by atoms with Crippen LogP contribution in [0.1, 0.15) is 24.0 Å². The Bertz CT molecular complexity index is 725. The molecule has 4 aliphatic rings. The van der Waals surface area contributed by atoms with Gasteiger partial charge in [-0.1, -0.05) is 18.2 Å². The van der Waals surface area contributed by atoms with Gasteiger partial charge in [-0.25, -0.2) is 0 Å². The van der Waals surface area contributed by atoms with Crippen LogP contribution in [0, 0.1) is 42.9 Å².